The number of ether oxygens (including phenoxy) is 1. The Kier molecular flexibility index (Phi) is 3.16. The average Bonchev–Trinajstić information content (AvgIpc) is 2.51. The summed E-state index contributed by atoms with van der Waals surface area (Å²) in [6.07, 6.45) is 3.58. The Hall–Kier alpha value is -1.98. The normalized spacial score (nSPS) is 17.8. The first-order valence-corrected chi connectivity index (χ1v) is 6.71. The molecule has 0 amide bonds. The molecule has 1 aliphatic carbocycles. The van der Waals surface area contributed by atoms with Gasteiger partial charge < -0.3 is 4.74 Å². The standard InChI is InChI=1S/C15H18N2O3/c1-10(20-2)11-7-8-14-15(9-11)17(19)13-6-4-3-5-12(13)16(14)18/h7-9,18-19H,1,3-6H2,2H3. The van der Waals surface area contributed by atoms with Gasteiger partial charge in [0.25, 0.3) is 0 Å². The molecule has 0 unspecified atom stereocenters. The van der Waals surface area contributed by atoms with Crippen molar-refractivity contribution < 1.29 is 15.2 Å². The average molecular weight is 274 g/mol. The Morgan fingerprint density at radius 3 is 2.30 bits per heavy atom. The number of nitrogens with zero attached hydrogens (tertiary/aromatic N) is 2. The van der Waals surface area contributed by atoms with E-state index in [4.69, 9.17) is 4.74 Å². The monoisotopic (exact) mass is 274 g/mol. The maximum Gasteiger partial charge on any atom is 0.118 e. The van der Waals surface area contributed by atoms with E-state index in [1.165, 1.54) is 10.1 Å². The summed E-state index contributed by atoms with van der Waals surface area (Å²) in [5.74, 6) is 0.522. The minimum atomic E-state index is 0.522. The van der Waals surface area contributed by atoms with Crippen LogP contribution in [0.15, 0.2) is 36.2 Å². The highest BCUT2D eigenvalue weighted by atomic mass is 16.5. The molecule has 0 saturated carbocycles. The minimum absolute atomic E-state index is 0.522. The molecule has 1 aliphatic heterocycles. The molecule has 0 radical (unpaired) electrons. The van der Waals surface area contributed by atoms with Crippen molar-refractivity contribution in [3.63, 3.8) is 0 Å². The molecule has 0 atom stereocenters. The predicted octanol–water partition coefficient (Wildman–Crippen LogP) is 3.49. The fourth-order valence-corrected chi connectivity index (χ4v) is 2.78. The van der Waals surface area contributed by atoms with Gasteiger partial charge in [0.2, 0.25) is 0 Å². The van der Waals surface area contributed by atoms with Crippen LogP contribution in [0.5, 0.6) is 0 Å². The largest absolute Gasteiger partial charge is 0.497 e. The van der Waals surface area contributed by atoms with Crippen molar-refractivity contribution in [3.8, 4) is 0 Å². The first-order valence-electron chi connectivity index (χ1n) is 6.71. The summed E-state index contributed by atoms with van der Waals surface area (Å²) in [7, 11) is 1.55. The number of allylic oxidation sites excluding steroid dienone is 2. The van der Waals surface area contributed by atoms with Gasteiger partial charge in [-0.25, -0.2) is 10.1 Å². The summed E-state index contributed by atoms with van der Waals surface area (Å²) in [5, 5.41) is 23.1. The molecule has 2 aliphatic rings. The smallest absolute Gasteiger partial charge is 0.118 e. The summed E-state index contributed by atoms with van der Waals surface area (Å²) in [6, 6.07) is 5.34. The minimum Gasteiger partial charge on any atom is -0.497 e. The highest BCUT2D eigenvalue weighted by Crippen LogP contribution is 2.43. The second-order valence-corrected chi connectivity index (χ2v) is 5.05. The van der Waals surface area contributed by atoms with Crippen molar-refractivity contribution in [2.75, 3.05) is 17.2 Å². The highest BCUT2D eigenvalue weighted by Gasteiger charge is 2.31. The number of anilines is 2. The van der Waals surface area contributed by atoms with Gasteiger partial charge >= 0.3 is 0 Å². The second-order valence-electron chi connectivity index (χ2n) is 5.05. The number of hydrogen-bond acceptors (Lipinski definition) is 5. The molecular weight excluding hydrogens is 256 g/mol. The quantitative estimate of drug-likeness (QED) is 0.808. The van der Waals surface area contributed by atoms with Gasteiger partial charge in [-0.2, -0.15) is 0 Å². The SMILES string of the molecule is C=C(OC)c1ccc2c(c1)N(O)C1=C(CCCC1)N2O. The van der Waals surface area contributed by atoms with Crippen molar-refractivity contribution in [2.45, 2.75) is 25.7 Å². The predicted molar refractivity (Wildman–Crippen MR) is 76.5 cm³/mol. The molecule has 0 fully saturated rings. The Morgan fingerprint density at radius 1 is 1.10 bits per heavy atom. The van der Waals surface area contributed by atoms with E-state index in [1.807, 2.05) is 6.07 Å². The van der Waals surface area contributed by atoms with Gasteiger partial charge in [0.15, 0.2) is 0 Å². The van der Waals surface area contributed by atoms with E-state index in [0.717, 1.165) is 42.6 Å². The van der Waals surface area contributed by atoms with E-state index < -0.39 is 0 Å². The molecule has 1 aromatic carbocycles. The zero-order chi connectivity index (χ0) is 14.3. The molecule has 106 valence electrons. The number of rotatable bonds is 2. The van der Waals surface area contributed by atoms with Crippen LogP contribution in [0, 0.1) is 0 Å². The summed E-state index contributed by atoms with van der Waals surface area (Å²) in [4.78, 5) is 0. The Labute approximate surface area is 117 Å². The molecule has 0 saturated heterocycles. The molecule has 0 aromatic heterocycles. The lowest BCUT2D eigenvalue weighted by atomic mass is 9.97. The third-order valence-corrected chi connectivity index (χ3v) is 3.92. The molecule has 1 aromatic rings. The number of hydrogen-bond donors (Lipinski definition) is 2. The summed E-state index contributed by atoms with van der Waals surface area (Å²) >= 11 is 0. The van der Waals surface area contributed by atoms with Gasteiger partial charge in [-0.1, -0.05) is 6.58 Å². The topological polar surface area (TPSA) is 56.2 Å². The van der Waals surface area contributed by atoms with Crippen LogP contribution in [0.1, 0.15) is 31.2 Å². The van der Waals surface area contributed by atoms with Crippen molar-refractivity contribution in [3.05, 3.63) is 41.7 Å². The number of fused-ring (bicyclic) bond motifs is 1. The van der Waals surface area contributed by atoms with Crippen molar-refractivity contribution in [2.24, 2.45) is 0 Å². The number of hydroxylamine groups is 2. The lowest BCUT2D eigenvalue weighted by Crippen LogP contribution is -2.34. The first kappa shape index (κ1) is 13.0. The molecule has 1 heterocycles. The first-order chi connectivity index (χ1) is 9.63. The molecule has 0 bridgehead atoms. The fraction of sp³-hybridized carbons (Fsp3) is 0.333. The third-order valence-electron chi connectivity index (χ3n) is 3.92. The van der Waals surface area contributed by atoms with Crippen molar-refractivity contribution in [1.29, 1.82) is 0 Å². The molecule has 3 rings (SSSR count). The van der Waals surface area contributed by atoms with Crippen LogP contribution in [0.2, 0.25) is 0 Å². The number of methoxy groups -OCH3 is 1. The van der Waals surface area contributed by atoms with E-state index in [2.05, 4.69) is 6.58 Å². The lowest BCUT2D eigenvalue weighted by Gasteiger charge is -2.37. The van der Waals surface area contributed by atoms with Gasteiger partial charge in [0, 0.05) is 5.56 Å². The summed E-state index contributed by atoms with van der Waals surface area (Å²) in [6.45, 7) is 3.81. The van der Waals surface area contributed by atoms with E-state index in [0.29, 0.717) is 17.1 Å². The zero-order valence-corrected chi connectivity index (χ0v) is 11.5. The van der Waals surface area contributed by atoms with Crippen LogP contribution in [-0.4, -0.2) is 17.5 Å². The van der Waals surface area contributed by atoms with Crippen LogP contribution < -0.4 is 10.1 Å². The van der Waals surface area contributed by atoms with Gasteiger partial charge in [-0.05, 0) is 43.9 Å². The second kappa shape index (κ2) is 4.85. The third kappa shape index (κ3) is 1.87. The van der Waals surface area contributed by atoms with E-state index in [1.54, 1.807) is 19.2 Å². The maximum atomic E-state index is 10.4. The zero-order valence-electron chi connectivity index (χ0n) is 11.5. The van der Waals surface area contributed by atoms with Crippen LogP contribution in [-0.2, 0) is 4.74 Å². The molecule has 2 N–H and O–H groups in total. The molecule has 5 heteroatoms. The maximum absolute atomic E-state index is 10.4. The van der Waals surface area contributed by atoms with E-state index in [9.17, 15) is 10.4 Å². The molecule has 20 heavy (non-hydrogen) atoms. The highest BCUT2D eigenvalue weighted by molar-refractivity contribution is 5.80. The Bertz CT molecular complexity index is 595. The van der Waals surface area contributed by atoms with Gasteiger partial charge in [0.1, 0.15) is 5.76 Å². The van der Waals surface area contributed by atoms with Crippen LogP contribution in [0.25, 0.3) is 5.76 Å². The lowest BCUT2D eigenvalue weighted by molar-refractivity contribution is 0.235. The molecular formula is C15H18N2O3. The van der Waals surface area contributed by atoms with E-state index in [-0.39, 0.29) is 0 Å². The summed E-state index contributed by atoms with van der Waals surface area (Å²) in [5.41, 5.74) is 3.44. The van der Waals surface area contributed by atoms with Crippen LogP contribution in [0.4, 0.5) is 11.4 Å². The van der Waals surface area contributed by atoms with Gasteiger partial charge in [-0.3, -0.25) is 10.4 Å². The van der Waals surface area contributed by atoms with Crippen molar-refractivity contribution in [1.82, 2.24) is 0 Å². The fourth-order valence-electron chi connectivity index (χ4n) is 2.78. The molecule has 5 nitrogen and oxygen atoms in total. The summed E-state index contributed by atoms with van der Waals surface area (Å²) < 4.78 is 5.11. The van der Waals surface area contributed by atoms with Gasteiger partial charge in [-0.15, -0.1) is 0 Å². The van der Waals surface area contributed by atoms with Crippen LogP contribution in [0.3, 0.4) is 0 Å². The van der Waals surface area contributed by atoms with E-state index >= 15 is 0 Å². The van der Waals surface area contributed by atoms with Crippen molar-refractivity contribution >= 4 is 17.1 Å². The Morgan fingerprint density at radius 2 is 1.70 bits per heavy atom. The number of benzene rings is 1. The Balaban J connectivity index is 2.08. The van der Waals surface area contributed by atoms with Crippen LogP contribution >= 0.6 is 0 Å². The van der Waals surface area contributed by atoms with Gasteiger partial charge in [0.05, 0.1) is 29.9 Å². The molecule has 0 spiro atoms.